The van der Waals surface area contributed by atoms with E-state index in [-0.39, 0.29) is 12.7 Å². The molecule has 0 saturated carbocycles. The normalized spacial score (nSPS) is 16.1. The summed E-state index contributed by atoms with van der Waals surface area (Å²) in [7, 11) is 0. The molecule has 0 atom stereocenters. The third-order valence-corrected chi connectivity index (χ3v) is 4.17. The summed E-state index contributed by atoms with van der Waals surface area (Å²) in [6.45, 7) is 2.16. The number of rotatable bonds is 3. The lowest BCUT2D eigenvalue weighted by atomic mass is 10.1. The number of fused-ring (bicyclic) bond motifs is 1. The van der Waals surface area contributed by atoms with Gasteiger partial charge in [-0.25, -0.2) is 9.97 Å². The molecule has 1 fully saturated rings. The highest BCUT2D eigenvalue weighted by molar-refractivity contribution is 6.04. The van der Waals surface area contributed by atoms with Crippen LogP contribution < -0.4 is 19.7 Å². The van der Waals surface area contributed by atoms with E-state index in [4.69, 9.17) is 9.47 Å². The number of nitrogens with one attached hydrogen (secondary N) is 1. The first-order chi connectivity index (χ1) is 11.8. The van der Waals surface area contributed by atoms with Gasteiger partial charge >= 0.3 is 0 Å². The number of carbonyl (C=O) groups is 1. The Balaban J connectivity index is 1.44. The van der Waals surface area contributed by atoms with Gasteiger partial charge in [0.1, 0.15) is 0 Å². The number of anilines is 2. The Morgan fingerprint density at radius 3 is 2.58 bits per heavy atom. The first-order valence-corrected chi connectivity index (χ1v) is 8.07. The van der Waals surface area contributed by atoms with Crippen molar-refractivity contribution in [3.63, 3.8) is 0 Å². The van der Waals surface area contributed by atoms with Crippen molar-refractivity contribution in [3.05, 3.63) is 36.2 Å². The average molecular weight is 326 g/mol. The molecule has 2 aliphatic heterocycles. The minimum Gasteiger partial charge on any atom is -0.454 e. The zero-order valence-electron chi connectivity index (χ0n) is 13.2. The summed E-state index contributed by atoms with van der Waals surface area (Å²) < 4.78 is 10.6. The molecule has 1 amide bonds. The predicted octanol–water partition coefficient (Wildman–Crippen LogP) is 2.45. The highest BCUT2D eigenvalue weighted by Gasteiger charge is 2.16. The first kappa shape index (κ1) is 14.7. The Labute approximate surface area is 139 Å². The second-order valence-corrected chi connectivity index (χ2v) is 5.84. The van der Waals surface area contributed by atoms with Gasteiger partial charge in [-0.3, -0.25) is 4.79 Å². The van der Waals surface area contributed by atoms with Gasteiger partial charge < -0.3 is 19.7 Å². The number of hydrogen-bond acceptors (Lipinski definition) is 6. The quantitative estimate of drug-likeness (QED) is 0.933. The number of piperidine rings is 1. The van der Waals surface area contributed by atoms with Crippen molar-refractivity contribution in [1.29, 1.82) is 0 Å². The number of hydrogen-bond donors (Lipinski definition) is 1. The number of nitrogens with zero attached hydrogens (tertiary/aromatic N) is 3. The molecule has 0 aliphatic carbocycles. The minimum atomic E-state index is -0.251. The van der Waals surface area contributed by atoms with Crippen LogP contribution in [-0.2, 0) is 0 Å². The summed E-state index contributed by atoms with van der Waals surface area (Å²) in [5, 5.41) is 2.82. The molecule has 2 aromatic rings. The van der Waals surface area contributed by atoms with Crippen LogP contribution in [0.3, 0.4) is 0 Å². The molecule has 1 N–H and O–H groups in total. The molecule has 24 heavy (non-hydrogen) atoms. The third-order valence-electron chi connectivity index (χ3n) is 4.17. The van der Waals surface area contributed by atoms with Crippen LogP contribution in [0.5, 0.6) is 11.5 Å². The second kappa shape index (κ2) is 6.35. The van der Waals surface area contributed by atoms with E-state index in [1.54, 1.807) is 30.6 Å². The van der Waals surface area contributed by atoms with Crippen LogP contribution in [0.15, 0.2) is 30.6 Å². The molecule has 1 aromatic carbocycles. The van der Waals surface area contributed by atoms with Crippen LogP contribution in [0.2, 0.25) is 0 Å². The topological polar surface area (TPSA) is 76.6 Å². The number of ether oxygens (including phenoxy) is 2. The predicted molar refractivity (Wildman–Crippen MR) is 88.6 cm³/mol. The molecule has 1 aromatic heterocycles. The van der Waals surface area contributed by atoms with Crippen LogP contribution in [0.25, 0.3) is 0 Å². The maximum absolute atomic E-state index is 12.3. The lowest BCUT2D eigenvalue weighted by molar-refractivity contribution is 0.102. The summed E-state index contributed by atoms with van der Waals surface area (Å²) in [5.74, 6) is 1.75. The molecule has 7 heteroatoms. The van der Waals surface area contributed by atoms with E-state index < -0.39 is 0 Å². The molecule has 0 radical (unpaired) electrons. The maximum atomic E-state index is 12.3. The van der Waals surface area contributed by atoms with Crippen LogP contribution in [0, 0.1) is 0 Å². The molecule has 0 spiro atoms. The van der Waals surface area contributed by atoms with Gasteiger partial charge in [-0.15, -0.1) is 0 Å². The third kappa shape index (κ3) is 2.97. The Morgan fingerprint density at radius 2 is 1.79 bits per heavy atom. The van der Waals surface area contributed by atoms with Gasteiger partial charge in [0, 0.05) is 37.2 Å². The maximum Gasteiger partial charge on any atom is 0.258 e. The van der Waals surface area contributed by atoms with E-state index >= 15 is 0 Å². The van der Waals surface area contributed by atoms with Gasteiger partial charge in [0.15, 0.2) is 11.5 Å². The van der Waals surface area contributed by atoms with E-state index in [1.165, 1.54) is 6.42 Å². The van der Waals surface area contributed by atoms with E-state index in [0.29, 0.717) is 28.7 Å². The van der Waals surface area contributed by atoms with Crippen molar-refractivity contribution < 1.29 is 14.3 Å². The van der Waals surface area contributed by atoms with Crippen LogP contribution in [0.1, 0.15) is 29.6 Å². The van der Waals surface area contributed by atoms with Crippen LogP contribution in [-0.4, -0.2) is 35.8 Å². The van der Waals surface area contributed by atoms with Crippen molar-refractivity contribution in [2.45, 2.75) is 19.3 Å². The average Bonchev–Trinajstić information content (AvgIpc) is 3.10. The smallest absolute Gasteiger partial charge is 0.258 e. The summed E-state index contributed by atoms with van der Waals surface area (Å²) in [6.07, 6.45) is 6.72. The van der Waals surface area contributed by atoms with Gasteiger partial charge in [-0.05, 0) is 31.4 Å². The fourth-order valence-corrected chi connectivity index (χ4v) is 2.87. The molecule has 1 saturated heterocycles. The monoisotopic (exact) mass is 326 g/mol. The Bertz CT molecular complexity index is 742. The number of benzene rings is 1. The van der Waals surface area contributed by atoms with Crippen molar-refractivity contribution in [2.75, 3.05) is 30.1 Å². The standard InChI is InChI=1S/C17H18N4O3/c22-16(20-13-4-5-14-15(8-13)24-11-23-14)12-9-18-17(19-10-12)21-6-2-1-3-7-21/h4-5,8-10H,1-3,6-7,11H2,(H,20,22). The molecule has 4 rings (SSSR count). The number of amides is 1. The summed E-state index contributed by atoms with van der Waals surface area (Å²) in [6, 6.07) is 5.28. The van der Waals surface area contributed by atoms with Crippen molar-refractivity contribution in [2.24, 2.45) is 0 Å². The minimum absolute atomic E-state index is 0.207. The zero-order chi connectivity index (χ0) is 16.4. The molecule has 0 unspecified atom stereocenters. The van der Waals surface area contributed by atoms with Crippen molar-refractivity contribution in [3.8, 4) is 11.5 Å². The Morgan fingerprint density at radius 1 is 1.04 bits per heavy atom. The van der Waals surface area contributed by atoms with E-state index in [9.17, 15) is 4.79 Å². The first-order valence-electron chi connectivity index (χ1n) is 8.07. The summed E-state index contributed by atoms with van der Waals surface area (Å²) in [4.78, 5) is 23.1. The van der Waals surface area contributed by atoms with Crippen molar-refractivity contribution >= 4 is 17.5 Å². The van der Waals surface area contributed by atoms with Crippen LogP contribution in [0.4, 0.5) is 11.6 Å². The molecule has 124 valence electrons. The fraction of sp³-hybridized carbons (Fsp3) is 0.353. The van der Waals surface area contributed by atoms with Gasteiger partial charge in [-0.1, -0.05) is 0 Å². The highest BCUT2D eigenvalue weighted by atomic mass is 16.7. The SMILES string of the molecule is O=C(Nc1ccc2c(c1)OCO2)c1cnc(N2CCCCC2)nc1. The fourth-order valence-electron chi connectivity index (χ4n) is 2.87. The zero-order valence-corrected chi connectivity index (χ0v) is 13.2. The Hall–Kier alpha value is -2.83. The van der Waals surface area contributed by atoms with Crippen molar-refractivity contribution in [1.82, 2.24) is 9.97 Å². The molecular weight excluding hydrogens is 308 g/mol. The van der Waals surface area contributed by atoms with Gasteiger partial charge in [-0.2, -0.15) is 0 Å². The van der Waals surface area contributed by atoms with E-state index in [0.717, 1.165) is 25.9 Å². The molecular formula is C17H18N4O3. The lowest BCUT2D eigenvalue weighted by Crippen LogP contribution is -2.31. The molecule has 2 aliphatic rings. The van der Waals surface area contributed by atoms with Crippen LogP contribution >= 0.6 is 0 Å². The molecule has 7 nitrogen and oxygen atoms in total. The van der Waals surface area contributed by atoms with Gasteiger partial charge in [0.25, 0.3) is 5.91 Å². The summed E-state index contributed by atoms with van der Waals surface area (Å²) in [5.41, 5.74) is 1.07. The van der Waals surface area contributed by atoms with Gasteiger partial charge in [0.2, 0.25) is 12.7 Å². The molecule has 0 bridgehead atoms. The molecule has 3 heterocycles. The van der Waals surface area contributed by atoms with E-state index in [2.05, 4.69) is 20.2 Å². The summed E-state index contributed by atoms with van der Waals surface area (Å²) >= 11 is 0. The van der Waals surface area contributed by atoms with Gasteiger partial charge in [0.05, 0.1) is 5.56 Å². The number of aromatic nitrogens is 2. The lowest BCUT2D eigenvalue weighted by Gasteiger charge is -2.26. The number of carbonyl (C=O) groups excluding carboxylic acids is 1. The second-order valence-electron chi connectivity index (χ2n) is 5.84. The largest absolute Gasteiger partial charge is 0.454 e. The highest BCUT2D eigenvalue weighted by Crippen LogP contribution is 2.34. The Kier molecular flexibility index (Phi) is 3.90. The van der Waals surface area contributed by atoms with E-state index in [1.807, 2.05) is 0 Å².